The molecule has 6 heteroatoms. The monoisotopic (exact) mass is 256 g/mol. The summed E-state index contributed by atoms with van der Waals surface area (Å²) in [5.41, 5.74) is 0.898. The number of rotatable bonds is 7. The van der Waals surface area contributed by atoms with Gasteiger partial charge in [0.25, 0.3) is 0 Å². The highest BCUT2D eigenvalue weighted by Gasteiger charge is 2.15. The Hall–Kier alpha value is -1.27. The molecular weight excluding hydrogens is 240 g/mol. The molecule has 0 saturated heterocycles. The van der Waals surface area contributed by atoms with Gasteiger partial charge in [0.15, 0.2) is 5.75 Å². The van der Waals surface area contributed by atoms with E-state index < -0.39 is 4.92 Å². The first kappa shape index (κ1) is 13.8. The van der Waals surface area contributed by atoms with E-state index in [0.717, 1.165) is 11.3 Å². The number of ether oxygens (including phenoxy) is 1. The molecule has 0 radical (unpaired) electrons. The molecule has 0 heterocycles. The Bertz CT molecular complexity index is 385. The number of hydrogen-bond acceptors (Lipinski definition) is 5. The molecule has 0 aliphatic rings. The van der Waals surface area contributed by atoms with Gasteiger partial charge in [-0.05, 0) is 24.9 Å². The van der Waals surface area contributed by atoms with E-state index >= 15 is 0 Å². The van der Waals surface area contributed by atoms with Crippen molar-refractivity contribution in [2.24, 2.45) is 0 Å². The van der Waals surface area contributed by atoms with Crippen LogP contribution in [0.1, 0.15) is 5.56 Å². The van der Waals surface area contributed by atoms with Gasteiger partial charge < -0.3 is 10.1 Å². The summed E-state index contributed by atoms with van der Waals surface area (Å²) in [4.78, 5) is 10.5. The third kappa shape index (κ3) is 4.24. The normalized spacial score (nSPS) is 10.2. The van der Waals surface area contributed by atoms with Crippen LogP contribution in [0.2, 0.25) is 0 Å². The number of benzene rings is 1. The molecule has 5 nitrogen and oxygen atoms in total. The Morgan fingerprint density at radius 1 is 1.53 bits per heavy atom. The van der Waals surface area contributed by atoms with Crippen molar-refractivity contribution in [3.63, 3.8) is 0 Å². The van der Waals surface area contributed by atoms with Gasteiger partial charge in [0.2, 0.25) is 0 Å². The lowest BCUT2D eigenvalue weighted by Crippen LogP contribution is -2.07. The maximum atomic E-state index is 10.9. The smallest absolute Gasteiger partial charge is 0.311 e. The molecule has 0 aliphatic heterocycles. The number of nitrogens with one attached hydrogen (secondary N) is 1. The summed E-state index contributed by atoms with van der Waals surface area (Å²) in [7, 11) is 1.80. The van der Waals surface area contributed by atoms with Crippen LogP contribution in [-0.2, 0) is 6.54 Å². The second kappa shape index (κ2) is 7.13. The molecule has 1 aromatic rings. The molecule has 1 rings (SSSR count). The van der Waals surface area contributed by atoms with Crippen LogP contribution in [0.15, 0.2) is 18.2 Å². The summed E-state index contributed by atoms with van der Waals surface area (Å²) < 4.78 is 5.39. The number of nitrogens with zero attached hydrogens (tertiary/aromatic N) is 1. The van der Waals surface area contributed by atoms with Gasteiger partial charge in [0, 0.05) is 18.4 Å². The Kier molecular flexibility index (Phi) is 5.79. The topological polar surface area (TPSA) is 64.4 Å². The van der Waals surface area contributed by atoms with Crippen molar-refractivity contribution < 1.29 is 9.66 Å². The van der Waals surface area contributed by atoms with E-state index in [1.165, 1.54) is 0 Å². The largest absolute Gasteiger partial charge is 0.486 e. The second-order valence-electron chi connectivity index (χ2n) is 3.43. The summed E-state index contributed by atoms with van der Waals surface area (Å²) in [5.74, 6) is 1.15. The van der Waals surface area contributed by atoms with Crippen molar-refractivity contribution in [3.8, 4) is 5.75 Å². The van der Waals surface area contributed by atoms with Crippen LogP contribution in [0, 0.1) is 10.1 Å². The zero-order valence-electron chi connectivity index (χ0n) is 9.93. The fraction of sp³-hybridized carbons (Fsp3) is 0.455. The number of nitro groups is 1. The number of nitro benzene ring substituents is 1. The van der Waals surface area contributed by atoms with Crippen molar-refractivity contribution in [2.75, 3.05) is 25.7 Å². The zero-order valence-corrected chi connectivity index (χ0v) is 10.8. The maximum Gasteiger partial charge on any atom is 0.311 e. The molecule has 0 aliphatic carbocycles. The van der Waals surface area contributed by atoms with Gasteiger partial charge in [0.1, 0.15) is 0 Å². The minimum absolute atomic E-state index is 0.0267. The average Bonchev–Trinajstić information content (AvgIpc) is 2.31. The fourth-order valence-electron chi connectivity index (χ4n) is 1.38. The third-order valence-electron chi connectivity index (χ3n) is 2.15. The van der Waals surface area contributed by atoms with Crippen LogP contribution in [0.5, 0.6) is 5.75 Å². The van der Waals surface area contributed by atoms with Gasteiger partial charge in [0.05, 0.1) is 11.5 Å². The molecule has 0 atom stereocenters. The van der Waals surface area contributed by atoms with Crippen molar-refractivity contribution in [3.05, 3.63) is 33.9 Å². The minimum Gasteiger partial charge on any atom is -0.486 e. The van der Waals surface area contributed by atoms with Crippen LogP contribution < -0.4 is 10.1 Å². The molecule has 1 N–H and O–H groups in total. The standard InChI is InChI=1S/C11H16N2O3S/c1-12-8-9-3-4-11(16-5-6-17-2)10(7-9)13(14)15/h3-4,7,12H,5-6,8H2,1-2H3. The molecule has 94 valence electrons. The van der Waals surface area contributed by atoms with Crippen LogP contribution in [-0.4, -0.2) is 30.6 Å². The maximum absolute atomic E-state index is 10.9. The van der Waals surface area contributed by atoms with Crippen molar-refractivity contribution >= 4 is 17.4 Å². The zero-order chi connectivity index (χ0) is 12.7. The first-order chi connectivity index (χ1) is 8.19. The van der Waals surface area contributed by atoms with Crippen LogP contribution in [0.3, 0.4) is 0 Å². The molecule has 0 spiro atoms. The lowest BCUT2D eigenvalue weighted by atomic mass is 10.2. The highest BCUT2D eigenvalue weighted by atomic mass is 32.2. The predicted molar refractivity (Wildman–Crippen MR) is 69.7 cm³/mol. The molecule has 17 heavy (non-hydrogen) atoms. The van der Waals surface area contributed by atoms with E-state index in [4.69, 9.17) is 4.74 Å². The lowest BCUT2D eigenvalue weighted by Gasteiger charge is -2.07. The van der Waals surface area contributed by atoms with Gasteiger partial charge >= 0.3 is 5.69 Å². The Morgan fingerprint density at radius 3 is 2.88 bits per heavy atom. The van der Waals surface area contributed by atoms with Crippen molar-refractivity contribution in [1.82, 2.24) is 5.32 Å². The summed E-state index contributed by atoms with van der Waals surface area (Å²) in [6, 6.07) is 5.04. The summed E-state index contributed by atoms with van der Waals surface area (Å²) >= 11 is 1.64. The van der Waals surface area contributed by atoms with Gasteiger partial charge in [-0.3, -0.25) is 10.1 Å². The molecule has 0 unspecified atom stereocenters. The molecule has 0 fully saturated rings. The van der Waals surface area contributed by atoms with Gasteiger partial charge in [-0.1, -0.05) is 6.07 Å². The summed E-state index contributed by atoms with van der Waals surface area (Å²) in [5, 5.41) is 13.9. The Labute approximate surface area is 105 Å². The highest BCUT2D eigenvalue weighted by Crippen LogP contribution is 2.28. The summed E-state index contributed by atoms with van der Waals surface area (Å²) in [6.45, 7) is 1.08. The first-order valence-corrected chi connectivity index (χ1v) is 6.62. The van der Waals surface area contributed by atoms with Crippen molar-refractivity contribution in [2.45, 2.75) is 6.54 Å². The SMILES string of the molecule is CNCc1ccc(OCCSC)c([N+](=O)[O-])c1. The minimum atomic E-state index is -0.409. The van der Waals surface area contributed by atoms with Gasteiger partial charge in [-0.15, -0.1) is 0 Å². The molecule has 0 amide bonds. The van der Waals surface area contributed by atoms with Crippen LogP contribution in [0.25, 0.3) is 0 Å². The molecule has 0 aromatic heterocycles. The van der Waals surface area contributed by atoms with Gasteiger partial charge in [-0.25, -0.2) is 0 Å². The average molecular weight is 256 g/mol. The van der Waals surface area contributed by atoms with Crippen LogP contribution in [0.4, 0.5) is 5.69 Å². The van der Waals surface area contributed by atoms with E-state index in [1.54, 1.807) is 30.9 Å². The Morgan fingerprint density at radius 2 is 2.29 bits per heavy atom. The third-order valence-corrected chi connectivity index (χ3v) is 2.72. The molecular formula is C11H16N2O3S. The molecule has 1 aromatic carbocycles. The molecule has 0 bridgehead atoms. The lowest BCUT2D eigenvalue weighted by molar-refractivity contribution is -0.385. The van der Waals surface area contributed by atoms with E-state index in [2.05, 4.69) is 5.32 Å². The Balaban J connectivity index is 2.84. The van der Waals surface area contributed by atoms with E-state index in [9.17, 15) is 10.1 Å². The van der Waals surface area contributed by atoms with E-state index in [0.29, 0.717) is 18.9 Å². The first-order valence-electron chi connectivity index (χ1n) is 5.22. The van der Waals surface area contributed by atoms with Crippen molar-refractivity contribution in [1.29, 1.82) is 0 Å². The predicted octanol–water partition coefficient (Wildman–Crippen LogP) is 2.06. The number of hydrogen-bond donors (Lipinski definition) is 1. The molecule has 0 saturated carbocycles. The van der Waals surface area contributed by atoms with Crippen LogP contribution >= 0.6 is 11.8 Å². The number of thioether (sulfide) groups is 1. The second-order valence-corrected chi connectivity index (χ2v) is 4.42. The van der Waals surface area contributed by atoms with Gasteiger partial charge in [-0.2, -0.15) is 11.8 Å². The fourth-order valence-corrected chi connectivity index (χ4v) is 1.63. The quantitative estimate of drug-likeness (QED) is 0.459. The highest BCUT2D eigenvalue weighted by molar-refractivity contribution is 7.98. The van der Waals surface area contributed by atoms with E-state index in [-0.39, 0.29) is 5.69 Å². The van der Waals surface area contributed by atoms with E-state index in [1.807, 2.05) is 12.3 Å². The summed E-state index contributed by atoms with van der Waals surface area (Å²) in [6.07, 6.45) is 1.97.